The van der Waals surface area contributed by atoms with Crippen LogP contribution in [0.4, 0.5) is 0 Å². The Bertz CT molecular complexity index is 171. The van der Waals surface area contributed by atoms with Crippen LogP contribution in [0.1, 0.15) is 25.7 Å². The van der Waals surface area contributed by atoms with E-state index in [4.69, 9.17) is 5.11 Å². The summed E-state index contributed by atoms with van der Waals surface area (Å²) in [4.78, 5) is 2.57. The molecule has 0 spiro atoms. The molecule has 2 nitrogen and oxygen atoms in total. The molecule has 0 aliphatic carbocycles. The summed E-state index contributed by atoms with van der Waals surface area (Å²) in [6.45, 7) is 2.57. The summed E-state index contributed by atoms with van der Waals surface area (Å²) in [7, 11) is 0. The van der Waals surface area contributed by atoms with Crippen LogP contribution in [0.2, 0.25) is 0 Å². The first kappa shape index (κ1) is 8.11. The smallest absolute Gasteiger partial charge is 0.0752 e. The molecular weight excluding hydrogens is 150 g/mol. The summed E-state index contributed by atoms with van der Waals surface area (Å²) in [6.07, 6.45) is 8.25. The average Bonchev–Trinajstić information content (AvgIpc) is 2.17. The van der Waals surface area contributed by atoms with Gasteiger partial charge in [-0.15, -0.1) is 0 Å². The van der Waals surface area contributed by atoms with Gasteiger partial charge in [-0.3, -0.25) is 0 Å². The van der Waals surface area contributed by atoms with Crippen LogP contribution in [0.25, 0.3) is 0 Å². The lowest BCUT2D eigenvalue weighted by Crippen LogP contribution is -2.48. The van der Waals surface area contributed by atoms with Crippen molar-refractivity contribution in [3.05, 3.63) is 12.3 Å². The Kier molecular flexibility index (Phi) is 2.35. The van der Waals surface area contributed by atoms with Crippen LogP contribution in [0.5, 0.6) is 0 Å². The Morgan fingerprint density at radius 3 is 2.58 bits per heavy atom. The molecule has 0 saturated carbocycles. The standard InChI is InChI=1S/C10H17NO/c12-7-1-2-10-8-9-3-5-11(10)6-4-9/h1,7,9-10,12H,2-6,8H2. The van der Waals surface area contributed by atoms with Crippen LogP contribution in [-0.2, 0) is 0 Å². The lowest BCUT2D eigenvalue weighted by Gasteiger charge is -2.45. The molecular formula is C10H17NO. The van der Waals surface area contributed by atoms with E-state index in [9.17, 15) is 0 Å². The zero-order valence-corrected chi connectivity index (χ0v) is 7.45. The van der Waals surface area contributed by atoms with E-state index in [0.717, 1.165) is 18.4 Å². The summed E-state index contributed by atoms with van der Waals surface area (Å²) < 4.78 is 0. The van der Waals surface area contributed by atoms with E-state index in [1.54, 1.807) is 0 Å². The molecule has 2 bridgehead atoms. The minimum Gasteiger partial charge on any atom is -0.516 e. The SMILES string of the molecule is OC=CCC1CC2CCN1CC2. The molecule has 3 aliphatic rings. The van der Waals surface area contributed by atoms with E-state index >= 15 is 0 Å². The predicted octanol–water partition coefficient (Wildman–Crippen LogP) is 1.93. The predicted molar refractivity (Wildman–Crippen MR) is 49.1 cm³/mol. The summed E-state index contributed by atoms with van der Waals surface area (Å²) in [5.74, 6) is 0.979. The fraction of sp³-hybridized carbons (Fsp3) is 0.800. The van der Waals surface area contributed by atoms with Crippen LogP contribution in [0.15, 0.2) is 12.3 Å². The van der Waals surface area contributed by atoms with Crippen molar-refractivity contribution in [2.24, 2.45) is 5.92 Å². The molecule has 0 amide bonds. The van der Waals surface area contributed by atoms with Gasteiger partial charge in [-0.1, -0.05) is 0 Å². The van der Waals surface area contributed by atoms with E-state index in [-0.39, 0.29) is 0 Å². The number of hydrogen-bond acceptors (Lipinski definition) is 2. The maximum atomic E-state index is 8.57. The highest BCUT2D eigenvalue weighted by atomic mass is 16.2. The fourth-order valence-corrected chi connectivity index (χ4v) is 2.55. The van der Waals surface area contributed by atoms with Crippen LogP contribution in [-0.4, -0.2) is 29.1 Å². The maximum Gasteiger partial charge on any atom is 0.0752 e. The molecule has 0 aromatic heterocycles. The first-order chi connectivity index (χ1) is 5.90. The van der Waals surface area contributed by atoms with Gasteiger partial charge in [0.05, 0.1) is 6.26 Å². The van der Waals surface area contributed by atoms with Crippen LogP contribution in [0, 0.1) is 5.92 Å². The Hall–Kier alpha value is -0.500. The van der Waals surface area contributed by atoms with Gasteiger partial charge in [0.25, 0.3) is 0 Å². The molecule has 3 rings (SSSR count). The number of aliphatic hydroxyl groups is 1. The molecule has 3 fully saturated rings. The molecule has 1 atom stereocenters. The first-order valence-corrected chi connectivity index (χ1v) is 4.93. The lowest BCUT2D eigenvalue weighted by atomic mass is 9.82. The molecule has 0 aromatic rings. The molecule has 0 radical (unpaired) electrons. The van der Waals surface area contributed by atoms with Crippen molar-refractivity contribution in [3.8, 4) is 0 Å². The van der Waals surface area contributed by atoms with Gasteiger partial charge in [0.1, 0.15) is 0 Å². The summed E-state index contributed by atoms with van der Waals surface area (Å²) >= 11 is 0. The number of rotatable bonds is 2. The zero-order chi connectivity index (χ0) is 8.39. The lowest BCUT2D eigenvalue weighted by molar-refractivity contribution is 0.0510. The second-order valence-electron chi connectivity index (χ2n) is 3.99. The van der Waals surface area contributed by atoms with Crippen molar-refractivity contribution in [1.29, 1.82) is 0 Å². The van der Waals surface area contributed by atoms with Gasteiger partial charge in [-0.05, 0) is 50.8 Å². The molecule has 0 aromatic carbocycles. The first-order valence-electron chi connectivity index (χ1n) is 4.93. The van der Waals surface area contributed by atoms with Gasteiger partial charge in [0.15, 0.2) is 0 Å². The molecule has 2 heteroatoms. The molecule has 3 saturated heterocycles. The Morgan fingerprint density at radius 1 is 1.33 bits per heavy atom. The van der Waals surface area contributed by atoms with E-state index in [0.29, 0.717) is 0 Å². The van der Waals surface area contributed by atoms with E-state index in [1.807, 2.05) is 6.08 Å². The molecule has 1 N–H and O–H groups in total. The summed E-state index contributed by atoms with van der Waals surface area (Å²) in [6, 6.07) is 0.723. The normalized spacial score (nSPS) is 40.8. The van der Waals surface area contributed by atoms with Crippen molar-refractivity contribution < 1.29 is 5.11 Å². The molecule has 68 valence electrons. The van der Waals surface area contributed by atoms with E-state index in [2.05, 4.69) is 4.90 Å². The van der Waals surface area contributed by atoms with Gasteiger partial charge in [0.2, 0.25) is 0 Å². The average molecular weight is 167 g/mol. The van der Waals surface area contributed by atoms with Gasteiger partial charge in [0, 0.05) is 6.04 Å². The summed E-state index contributed by atoms with van der Waals surface area (Å²) in [5.41, 5.74) is 0. The zero-order valence-electron chi connectivity index (χ0n) is 7.45. The van der Waals surface area contributed by atoms with Crippen LogP contribution >= 0.6 is 0 Å². The molecule has 12 heavy (non-hydrogen) atoms. The minimum absolute atomic E-state index is 0.723. The Morgan fingerprint density at radius 2 is 2.08 bits per heavy atom. The van der Waals surface area contributed by atoms with E-state index in [1.165, 1.54) is 38.6 Å². The van der Waals surface area contributed by atoms with Gasteiger partial charge >= 0.3 is 0 Å². The van der Waals surface area contributed by atoms with Crippen molar-refractivity contribution >= 4 is 0 Å². The number of hydrogen-bond donors (Lipinski definition) is 1. The minimum atomic E-state index is 0.723. The van der Waals surface area contributed by atoms with Gasteiger partial charge < -0.3 is 10.0 Å². The van der Waals surface area contributed by atoms with Gasteiger partial charge in [-0.25, -0.2) is 0 Å². The van der Waals surface area contributed by atoms with Crippen LogP contribution < -0.4 is 0 Å². The topological polar surface area (TPSA) is 23.5 Å². The number of aliphatic hydroxyl groups excluding tert-OH is 1. The monoisotopic (exact) mass is 167 g/mol. The highest BCUT2D eigenvalue weighted by molar-refractivity contribution is 4.91. The molecule has 3 aliphatic heterocycles. The highest BCUT2D eigenvalue weighted by Crippen LogP contribution is 2.33. The van der Waals surface area contributed by atoms with Gasteiger partial charge in [-0.2, -0.15) is 0 Å². The summed E-state index contributed by atoms with van der Waals surface area (Å²) in [5, 5.41) is 8.57. The third kappa shape index (κ3) is 1.48. The molecule has 1 unspecified atom stereocenters. The number of fused-ring (bicyclic) bond motifs is 3. The van der Waals surface area contributed by atoms with Crippen LogP contribution in [0.3, 0.4) is 0 Å². The fourth-order valence-electron chi connectivity index (χ4n) is 2.55. The number of piperidine rings is 3. The van der Waals surface area contributed by atoms with Crippen molar-refractivity contribution in [3.63, 3.8) is 0 Å². The van der Waals surface area contributed by atoms with Crippen molar-refractivity contribution in [2.45, 2.75) is 31.7 Å². The Labute approximate surface area is 73.9 Å². The Balaban J connectivity index is 1.90. The second-order valence-corrected chi connectivity index (χ2v) is 3.99. The third-order valence-corrected chi connectivity index (χ3v) is 3.28. The third-order valence-electron chi connectivity index (χ3n) is 3.28. The van der Waals surface area contributed by atoms with Crippen molar-refractivity contribution in [1.82, 2.24) is 4.90 Å². The molecule has 3 heterocycles. The maximum absolute atomic E-state index is 8.57. The largest absolute Gasteiger partial charge is 0.516 e. The number of nitrogens with zero attached hydrogens (tertiary/aromatic N) is 1. The van der Waals surface area contributed by atoms with Crippen molar-refractivity contribution in [2.75, 3.05) is 13.1 Å². The quantitative estimate of drug-likeness (QED) is 0.635. The van der Waals surface area contributed by atoms with E-state index < -0.39 is 0 Å². The highest BCUT2D eigenvalue weighted by Gasteiger charge is 2.32. The second kappa shape index (κ2) is 3.48.